The molecule has 0 aliphatic rings. The molecule has 0 unspecified atom stereocenters. The van der Waals surface area contributed by atoms with Crippen molar-refractivity contribution in [1.29, 1.82) is 0 Å². The van der Waals surface area contributed by atoms with Crippen molar-refractivity contribution in [1.82, 2.24) is 10.3 Å². The van der Waals surface area contributed by atoms with Crippen LogP contribution in [-0.4, -0.2) is 23.5 Å². The van der Waals surface area contributed by atoms with Crippen LogP contribution in [0.5, 0.6) is 0 Å². The predicted molar refractivity (Wildman–Crippen MR) is 104 cm³/mol. The summed E-state index contributed by atoms with van der Waals surface area (Å²) in [5.74, 6) is -2.72. The van der Waals surface area contributed by atoms with E-state index in [0.717, 1.165) is 28.6 Å². The molecular formula is C22H20F2N2O3. The first-order valence-electron chi connectivity index (χ1n) is 9.05. The smallest absolute Gasteiger partial charge is 0.340 e. The number of aryl methyl sites for hydroxylation is 2. The number of rotatable bonds is 5. The van der Waals surface area contributed by atoms with Crippen molar-refractivity contribution in [2.45, 2.75) is 26.8 Å². The van der Waals surface area contributed by atoms with Crippen molar-refractivity contribution in [2.75, 3.05) is 6.61 Å². The van der Waals surface area contributed by atoms with Gasteiger partial charge >= 0.3 is 5.97 Å². The molecule has 3 rings (SSSR count). The summed E-state index contributed by atoms with van der Waals surface area (Å²) in [6, 6.07) is 9.83. The third-order valence-electron chi connectivity index (χ3n) is 4.68. The lowest BCUT2D eigenvalue weighted by atomic mass is 10.0. The van der Waals surface area contributed by atoms with Crippen LogP contribution in [0.2, 0.25) is 0 Å². The Kier molecular flexibility index (Phi) is 5.87. The zero-order chi connectivity index (χ0) is 21.1. The molecule has 1 aromatic heterocycles. The highest BCUT2D eigenvalue weighted by Gasteiger charge is 2.20. The van der Waals surface area contributed by atoms with Gasteiger partial charge in [0, 0.05) is 17.0 Å². The summed E-state index contributed by atoms with van der Waals surface area (Å²) < 4.78 is 32.0. The molecule has 0 aliphatic carbocycles. The molecule has 1 atom stereocenters. The number of carbonyl (C=O) groups is 2. The predicted octanol–water partition coefficient (Wildman–Crippen LogP) is 4.16. The average Bonchev–Trinajstić information content (AvgIpc) is 2.66. The van der Waals surface area contributed by atoms with Crippen LogP contribution < -0.4 is 5.32 Å². The largest absolute Gasteiger partial charge is 0.452 e. The number of benzene rings is 2. The number of ether oxygens (including phenoxy) is 1. The highest BCUT2D eigenvalue weighted by atomic mass is 19.1. The fourth-order valence-corrected chi connectivity index (χ4v) is 3.25. The summed E-state index contributed by atoms with van der Waals surface area (Å²) >= 11 is 0. The van der Waals surface area contributed by atoms with E-state index in [1.165, 1.54) is 6.07 Å². The fraction of sp³-hybridized carbons (Fsp3) is 0.227. The minimum atomic E-state index is -0.761. The molecule has 2 aromatic carbocycles. The summed E-state index contributed by atoms with van der Waals surface area (Å²) in [6.45, 7) is 4.53. The van der Waals surface area contributed by atoms with E-state index in [1.54, 1.807) is 20.8 Å². The van der Waals surface area contributed by atoms with Gasteiger partial charge in [0.15, 0.2) is 6.61 Å². The van der Waals surface area contributed by atoms with Crippen LogP contribution in [-0.2, 0) is 9.53 Å². The Morgan fingerprint density at radius 1 is 1.14 bits per heavy atom. The molecule has 29 heavy (non-hydrogen) atoms. The van der Waals surface area contributed by atoms with E-state index in [9.17, 15) is 18.4 Å². The third-order valence-corrected chi connectivity index (χ3v) is 4.68. The van der Waals surface area contributed by atoms with Crippen molar-refractivity contribution >= 4 is 22.8 Å². The van der Waals surface area contributed by atoms with Crippen molar-refractivity contribution in [2.24, 2.45) is 0 Å². The quantitative estimate of drug-likeness (QED) is 0.655. The standard InChI is InChI=1S/C22H20F2N2O3/c1-12-16-6-4-5-7-19(16)25-14(3)21(12)22(28)29-11-20(27)26-13(2)17-9-8-15(23)10-18(17)24/h4-10,13H,11H2,1-3H3,(H,26,27)/t13-/m0/s1. The number of nitrogens with one attached hydrogen (secondary N) is 1. The van der Waals surface area contributed by atoms with Crippen LogP contribution in [0.15, 0.2) is 42.5 Å². The molecule has 0 saturated carbocycles. The van der Waals surface area contributed by atoms with E-state index >= 15 is 0 Å². The van der Waals surface area contributed by atoms with Crippen molar-refractivity contribution in [3.63, 3.8) is 0 Å². The highest BCUT2D eigenvalue weighted by Crippen LogP contribution is 2.23. The molecule has 3 aromatic rings. The SMILES string of the molecule is Cc1nc2ccccc2c(C)c1C(=O)OCC(=O)N[C@@H](C)c1ccc(F)cc1F. The second-order valence-electron chi connectivity index (χ2n) is 6.75. The Bertz CT molecular complexity index is 1100. The number of fused-ring (bicyclic) bond motifs is 1. The Labute approximate surface area is 166 Å². The lowest BCUT2D eigenvalue weighted by Crippen LogP contribution is -2.31. The van der Waals surface area contributed by atoms with Crippen LogP contribution >= 0.6 is 0 Å². The van der Waals surface area contributed by atoms with Gasteiger partial charge in [-0.15, -0.1) is 0 Å². The zero-order valence-electron chi connectivity index (χ0n) is 16.3. The number of pyridine rings is 1. The maximum atomic E-state index is 13.8. The summed E-state index contributed by atoms with van der Waals surface area (Å²) in [4.78, 5) is 29.1. The lowest BCUT2D eigenvalue weighted by molar-refractivity contribution is -0.124. The summed E-state index contributed by atoms with van der Waals surface area (Å²) in [5.41, 5.74) is 2.45. The molecule has 1 heterocycles. The molecule has 0 radical (unpaired) electrons. The van der Waals surface area contributed by atoms with Gasteiger partial charge in [-0.2, -0.15) is 0 Å². The first-order chi connectivity index (χ1) is 13.8. The van der Waals surface area contributed by atoms with E-state index in [4.69, 9.17) is 4.74 Å². The van der Waals surface area contributed by atoms with Crippen LogP contribution in [0.4, 0.5) is 8.78 Å². The number of halogens is 2. The van der Waals surface area contributed by atoms with Gasteiger partial charge < -0.3 is 10.1 Å². The molecule has 150 valence electrons. The number of aromatic nitrogens is 1. The number of amides is 1. The van der Waals surface area contributed by atoms with Gasteiger partial charge in [0.2, 0.25) is 0 Å². The number of carbonyl (C=O) groups excluding carboxylic acids is 2. The van der Waals surface area contributed by atoms with Gasteiger partial charge in [0.1, 0.15) is 11.6 Å². The maximum Gasteiger partial charge on any atom is 0.340 e. The molecule has 0 spiro atoms. The monoisotopic (exact) mass is 398 g/mol. The van der Waals surface area contributed by atoms with Crippen molar-refractivity contribution < 1.29 is 23.1 Å². The van der Waals surface area contributed by atoms with Crippen LogP contribution in [0.3, 0.4) is 0 Å². The minimum Gasteiger partial charge on any atom is -0.452 e. The second-order valence-corrected chi connectivity index (χ2v) is 6.75. The van der Waals surface area contributed by atoms with Crippen molar-refractivity contribution in [3.05, 3.63) is 76.5 Å². The Hall–Kier alpha value is -3.35. The summed E-state index contributed by atoms with van der Waals surface area (Å²) in [5, 5.41) is 3.36. The molecule has 1 amide bonds. The highest BCUT2D eigenvalue weighted by molar-refractivity contribution is 5.99. The summed E-state index contributed by atoms with van der Waals surface area (Å²) in [6.07, 6.45) is 0. The first-order valence-corrected chi connectivity index (χ1v) is 9.05. The fourth-order valence-electron chi connectivity index (χ4n) is 3.25. The van der Waals surface area contributed by atoms with E-state index in [-0.39, 0.29) is 5.56 Å². The van der Waals surface area contributed by atoms with E-state index in [0.29, 0.717) is 11.3 Å². The van der Waals surface area contributed by atoms with E-state index in [1.807, 2.05) is 24.3 Å². The van der Waals surface area contributed by atoms with Gasteiger partial charge in [-0.3, -0.25) is 9.78 Å². The molecule has 7 heteroatoms. The molecule has 5 nitrogen and oxygen atoms in total. The van der Waals surface area contributed by atoms with Crippen molar-refractivity contribution in [3.8, 4) is 0 Å². The Morgan fingerprint density at radius 2 is 1.86 bits per heavy atom. The van der Waals surface area contributed by atoms with E-state index in [2.05, 4.69) is 10.3 Å². The second kappa shape index (κ2) is 8.34. The Morgan fingerprint density at radius 3 is 2.59 bits per heavy atom. The number of hydrogen-bond acceptors (Lipinski definition) is 4. The zero-order valence-corrected chi connectivity index (χ0v) is 16.3. The molecule has 0 bridgehead atoms. The molecule has 0 saturated heterocycles. The Balaban J connectivity index is 1.67. The normalized spacial score (nSPS) is 11.9. The third kappa shape index (κ3) is 4.39. The van der Waals surface area contributed by atoms with Gasteiger partial charge in [-0.25, -0.2) is 13.6 Å². The van der Waals surface area contributed by atoms with Gasteiger partial charge in [-0.05, 0) is 38.5 Å². The number of esters is 1. The van der Waals surface area contributed by atoms with Gasteiger partial charge in [-0.1, -0.05) is 24.3 Å². The molecule has 1 N–H and O–H groups in total. The number of para-hydroxylation sites is 1. The topological polar surface area (TPSA) is 68.3 Å². The van der Waals surface area contributed by atoms with Crippen LogP contribution in [0.1, 0.15) is 40.1 Å². The molecular weight excluding hydrogens is 378 g/mol. The lowest BCUT2D eigenvalue weighted by Gasteiger charge is -2.16. The molecule has 0 fully saturated rings. The summed E-state index contributed by atoms with van der Waals surface area (Å²) in [7, 11) is 0. The van der Waals surface area contributed by atoms with Crippen LogP contribution in [0.25, 0.3) is 10.9 Å². The minimum absolute atomic E-state index is 0.136. The average molecular weight is 398 g/mol. The van der Waals surface area contributed by atoms with Gasteiger partial charge in [0.25, 0.3) is 5.91 Å². The number of nitrogens with zero attached hydrogens (tertiary/aromatic N) is 1. The molecule has 0 aliphatic heterocycles. The first kappa shape index (κ1) is 20.4. The number of hydrogen-bond donors (Lipinski definition) is 1. The van der Waals surface area contributed by atoms with E-state index < -0.39 is 36.2 Å². The maximum absolute atomic E-state index is 13.8. The van der Waals surface area contributed by atoms with Crippen LogP contribution in [0, 0.1) is 25.5 Å². The van der Waals surface area contributed by atoms with Gasteiger partial charge in [0.05, 0.1) is 22.8 Å².